The molecule has 0 aliphatic carbocycles. The number of amidine groups is 1. The third-order valence-corrected chi connectivity index (χ3v) is 2.00. The van der Waals surface area contributed by atoms with Crippen LogP contribution in [0.3, 0.4) is 0 Å². The molecular formula is C10H12N2O2. The van der Waals surface area contributed by atoms with Gasteiger partial charge in [-0.3, -0.25) is 5.41 Å². The summed E-state index contributed by atoms with van der Waals surface area (Å²) in [5.74, 6) is -0.529. The van der Waals surface area contributed by atoms with Crippen molar-refractivity contribution in [2.24, 2.45) is 0 Å². The van der Waals surface area contributed by atoms with E-state index in [2.05, 4.69) is 0 Å². The molecule has 0 aliphatic heterocycles. The van der Waals surface area contributed by atoms with Gasteiger partial charge in [-0.25, -0.2) is 4.79 Å². The van der Waals surface area contributed by atoms with Crippen molar-refractivity contribution < 1.29 is 9.90 Å². The van der Waals surface area contributed by atoms with Crippen molar-refractivity contribution >= 4 is 17.5 Å². The number of carboxylic acids is 1. The average molecular weight is 192 g/mol. The van der Waals surface area contributed by atoms with E-state index in [-0.39, 0.29) is 5.56 Å². The summed E-state index contributed by atoms with van der Waals surface area (Å²) in [4.78, 5) is 12.2. The zero-order valence-electron chi connectivity index (χ0n) is 8.11. The Labute approximate surface area is 82.3 Å². The predicted octanol–water partition coefficient (Wildman–Crippen LogP) is 1.82. The Bertz CT molecular complexity index is 357. The maximum absolute atomic E-state index is 10.6. The lowest BCUT2D eigenvalue weighted by molar-refractivity contribution is 0.0697. The van der Waals surface area contributed by atoms with E-state index >= 15 is 0 Å². The van der Waals surface area contributed by atoms with Gasteiger partial charge in [0.2, 0.25) is 0 Å². The fourth-order valence-electron chi connectivity index (χ4n) is 1.02. The molecule has 0 saturated heterocycles. The van der Waals surface area contributed by atoms with Crippen LogP contribution in [0.1, 0.15) is 17.3 Å². The van der Waals surface area contributed by atoms with Crippen LogP contribution in [0.2, 0.25) is 0 Å². The van der Waals surface area contributed by atoms with E-state index in [1.807, 2.05) is 0 Å². The molecule has 0 bridgehead atoms. The summed E-state index contributed by atoms with van der Waals surface area (Å²) in [6, 6.07) is 6.41. The molecule has 0 aliphatic rings. The third-order valence-electron chi connectivity index (χ3n) is 2.00. The second-order valence-electron chi connectivity index (χ2n) is 3.00. The highest BCUT2D eigenvalue weighted by Gasteiger charge is 2.05. The van der Waals surface area contributed by atoms with Crippen LogP contribution < -0.4 is 4.90 Å². The molecular weight excluding hydrogens is 180 g/mol. The molecule has 74 valence electrons. The number of hydrogen-bond acceptors (Lipinski definition) is 2. The highest BCUT2D eigenvalue weighted by Crippen LogP contribution is 2.13. The zero-order chi connectivity index (χ0) is 10.7. The summed E-state index contributed by atoms with van der Waals surface area (Å²) in [7, 11) is 1.76. The van der Waals surface area contributed by atoms with Gasteiger partial charge in [0, 0.05) is 12.7 Å². The number of nitrogens with one attached hydrogen (secondary N) is 1. The Morgan fingerprint density at radius 1 is 1.36 bits per heavy atom. The largest absolute Gasteiger partial charge is 0.478 e. The monoisotopic (exact) mass is 192 g/mol. The lowest BCUT2D eigenvalue weighted by atomic mass is 10.2. The fourth-order valence-corrected chi connectivity index (χ4v) is 1.02. The Hall–Kier alpha value is -1.84. The van der Waals surface area contributed by atoms with E-state index in [4.69, 9.17) is 10.5 Å². The van der Waals surface area contributed by atoms with E-state index in [0.717, 1.165) is 5.69 Å². The fraction of sp³-hybridized carbons (Fsp3) is 0.200. The molecule has 0 aromatic heterocycles. The lowest BCUT2D eigenvalue weighted by Gasteiger charge is -2.17. The van der Waals surface area contributed by atoms with Crippen molar-refractivity contribution in [1.82, 2.24) is 0 Å². The van der Waals surface area contributed by atoms with Crippen LogP contribution in [0.5, 0.6) is 0 Å². The second kappa shape index (κ2) is 3.91. The molecule has 0 fully saturated rings. The van der Waals surface area contributed by atoms with Crippen LogP contribution in [-0.2, 0) is 0 Å². The number of hydrogen-bond donors (Lipinski definition) is 2. The van der Waals surface area contributed by atoms with Crippen LogP contribution in [0.15, 0.2) is 24.3 Å². The molecule has 1 aromatic rings. The van der Waals surface area contributed by atoms with Crippen LogP contribution in [0, 0.1) is 5.41 Å². The third kappa shape index (κ3) is 2.10. The summed E-state index contributed by atoms with van der Waals surface area (Å²) >= 11 is 0. The first-order valence-electron chi connectivity index (χ1n) is 4.14. The molecule has 0 unspecified atom stereocenters. The molecule has 0 radical (unpaired) electrons. The van der Waals surface area contributed by atoms with Gasteiger partial charge in [-0.1, -0.05) is 0 Å². The van der Waals surface area contributed by atoms with Crippen molar-refractivity contribution in [3.63, 3.8) is 0 Å². The number of aromatic carboxylic acids is 1. The molecule has 14 heavy (non-hydrogen) atoms. The molecule has 2 N–H and O–H groups in total. The minimum absolute atomic E-state index is 0.254. The van der Waals surface area contributed by atoms with Crippen molar-refractivity contribution in [1.29, 1.82) is 5.41 Å². The maximum atomic E-state index is 10.6. The highest BCUT2D eigenvalue weighted by atomic mass is 16.4. The Morgan fingerprint density at radius 3 is 2.21 bits per heavy atom. The molecule has 4 heteroatoms. The van der Waals surface area contributed by atoms with Gasteiger partial charge < -0.3 is 10.0 Å². The van der Waals surface area contributed by atoms with Crippen LogP contribution in [0.25, 0.3) is 0 Å². The number of anilines is 1. The highest BCUT2D eigenvalue weighted by molar-refractivity contribution is 5.94. The lowest BCUT2D eigenvalue weighted by Crippen LogP contribution is -2.22. The number of benzene rings is 1. The standard InChI is InChI=1S/C10H12N2O2/c1-7(11)12(2)9-5-3-8(4-6-9)10(13)14/h3-6,11H,1-2H3,(H,13,14). The number of carboxylic acid groups (broad SMARTS) is 1. The van der Waals surface area contributed by atoms with Crippen LogP contribution >= 0.6 is 0 Å². The summed E-state index contributed by atoms with van der Waals surface area (Å²) < 4.78 is 0. The van der Waals surface area contributed by atoms with Gasteiger partial charge >= 0.3 is 5.97 Å². The summed E-state index contributed by atoms with van der Waals surface area (Å²) in [6.07, 6.45) is 0. The van der Waals surface area contributed by atoms with Gasteiger partial charge in [0.15, 0.2) is 0 Å². The van der Waals surface area contributed by atoms with Gasteiger partial charge in [0.05, 0.1) is 11.4 Å². The van der Waals surface area contributed by atoms with Gasteiger partial charge in [0.25, 0.3) is 0 Å². The first-order chi connectivity index (χ1) is 6.52. The molecule has 0 spiro atoms. The van der Waals surface area contributed by atoms with Crippen LogP contribution in [0.4, 0.5) is 5.69 Å². The minimum Gasteiger partial charge on any atom is -0.478 e. The molecule has 0 amide bonds. The minimum atomic E-state index is -0.939. The average Bonchev–Trinajstić information content (AvgIpc) is 2.16. The Kier molecular flexibility index (Phi) is 2.86. The van der Waals surface area contributed by atoms with Gasteiger partial charge in [-0.2, -0.15) is 0 Å². The quantitative estimate of drug-likeness (QED) is 0.555. The smallest absolute Gasteiger partial charge is 0.335 e. The van der Waals surface area contributed by atoms with Gasteiger partial charge in [-0.15, -0.1) is 0 Å². The Balaban J connectivity index is 2.94. The van der Waals surface area contributed by atoms with Crippen molar-refractivity contribution in [2.75, 3.05) is 11.9 Å². The first kappa shape index (κ1) is 10.2. The van der Waals surface area contributed by atoms with Crippen molar-refractivity contribution in [2.45, 2.75) is 6.92 Å². The molecule has 0 atom stereocenters. The van der Waals surface area contributed by atoms with Crippen molar-refractivity contribution in [3.8, 4) is 0 Å². The SMILES string of the molecule is CC(=N)N(C)c1ccc(C(=O)O)cc1. The second-order valence-corrected chi connectivity index (χ2v) is 3.00. The molecule has 1 aromatic carbocycles. The molecule has 0 saturated carbocycles. The van der Waals surface area contributed by atoms with Gasteiger partial charge in [-0.05, 0) is 31.2 Å². The topological polar surface area (TPSA) is 64.4 Å². The summed E-state index contributed by atoms with van der Waals surface area (Å²) in [5.41, 5.74) is 1.06. The molecule has 0 heterocycles. The van der Waals surface area contributed by atoms with E-state index in [1.54, 1.807) is 31.0 Å². The van der Waals surface area contributed by atoms with Crippen LogP contribution in [-0.4, -0.2) is 24.0 Å². The van der Waals surface area contributed by atoms with E-state index in [0.29, 0.717) is 5.84 Å². The summed E-state index contributed by atoms with van der Waals surface area (Å²) in [6.45, 7) is 1.67. The number of carbonyl (C=O) groups is 1. The Morgan fingerprint density at radius 2 is 1.86 bits per heavy atom. The summed E-state index contributed by atoms with van der Waals surface area (Å²) in [5, 5.41) is 16.1. The van der Waals surface area contributed by atoms with E-state index in [9.17, 15) is 4.79 Å². The number of rotatable bonds is 2. The molecule has 4 nitrogen and oxygen atoms in total. The van der Waals surface area contributed by atoms with Gasteiger partial charge in [0.1, 0.15) is 0 Å². The number of nitrogens with zero attached hydrogens (tertiary/aromatic N) is 1. The van der Waals surface area contributed by atoms with Crippen molar-refractivity contribution in [3.05, 3.63) is 29.8 Å². The normalized spacial score (nSPS) is 9.57. The molecule has 1 rings (SSSR count). The van der Waals surface area contributed by atoms with E-state index in [1.165, 1.54) is 12.1 Å². The van der Waals surface area contributed by atoms with E-state index < -0.39 is 5.97 Å². The first-order valence-corrected chi connectivity index (χ1v) is 4.14. The maximum Gasteiger partial charge on any atom is 0.335 e. The zero-order valence-corrected chi connectivity index (χ0v) is 8.11. The predicted molar refractivity (Wildman–Crippen MR) is 55.2 cm³/mol.